The number of ether oxygens (including phenoxy) is 1. The molecule has 0 amide bonds. The Balaban J connectivity index is 1.80. The Bertz CT molecular complexity index is 693. The SMILES string of the molecule is CC1=CCC[C@H]2[C@]13COC(=O)[C@@]2(C[C@H](O)c1ccoc1)[C@H](C)C[C@@H]3O. The number of aliphatic hydroxyl groups is 2. The molecule has 6 atom stereocenters. The lowest BCUT2D eigenvalue weighted by molar-refractivity contribution is -0.230. The molecule has 5 nitrogen and oxygen atoms in total. The van der Waals surface area contributed by atoms with E-state index >= 15 is 0 Å². The quantitative estimate of drug-likeness (QED) is 0.650. The van der Waals surface area contributed by atoms with E-state index in [0.717, 1.165) is 18.4 Å². The summed E-state index contributed by atoms with van der Waals surface area (Å²) in [5, 5.41) is 21.7. The van der Waals surface area contributed by atoms with Crippen LogP contribution in [0.25, 0.3) is 0 Å². The second-order valence-electron chi connectivity index (χ2n) is 8.10. The van der Waals surface area contributed by atoms with Crippen molar-refractivity contribution in [2.24, 2.45) is 22.7 Å². The van der Waals surface area contributed by atoms with Crippen molar-refractivity contribution >= 4 is 5.97 Å². The van der Waals surface area contributed by atoms with E-state index in [-0.39, 0.29) is 24.4 Å². The largest absolute Gasteiger partial charge is 0.472 e. The van der Waals surface area contributed by atoms with Crippen LogP contribution in [0.5, 0.6) is 0 Å². The van der Waals surface area contributed by atoms with E-state index in [1.807, 2.05) is 13.8 Å². The minimum atomic E-state index is -0.786. The molecule has 3 aliphatic rings. The monoisotopic (exact) mass is 346 g/mol. The predicted octanol–water partition coefficient (Wildman–Crippen LogP) is 2.99. The van der Waals surface area contributed by atoms with Crippen LogP contribution in [0.2, 0.25) is 0 Å². The first-order valence-electron chi connectivity index (χ1n) is 9.15. The number of hydrogen-bond donors (Lipinski definition) is 2. The molecule has 25 heavy (non-hydrogen) atoms. The zero-order valence-corrected chi connectivity index (χ0v) is 14.8. The third kappa shape index (κ3) is 2.12. The second kappa shape index (κ2) is 5.71. The molecule has 1 aliphatic heterocycles. The third-order valence-electron chi connectivity index (χ3n) is 7.22. The van der Waals surface area contributed by atoms with Crippen LogP contribution in [-0.2, 0) is 9.53 Å². The van der Waals surface area contributed by atoms with Crippen molar-refractivity contribution in [1.29, 1.82) is 0 Å². The van der Waals surface area contributed by atoms with Gasteiger partial charge < -0.3 is 19.4 Å². The highest BCUT2D eigenvalue weighted by Crippen LogP contribution is 2.65. The summed E-state index contributed by atoms with van der Waals surface area (Å²) < 4.78 is 10.8. The standard InChI is InChI=1S/C20H26O5/c1-12-4-3-5-16-19(9-15(21)14-6-7-24-10-14)13(2)8-17(22)20(12,16)11-25-18(19)23/h4,6-7,10,13,15-17,21-22H,3,5,8-9,11H2,1-2H3/t13-,15+,16-,17+,19+,20+/m1/s1. The first kappa shape index (κ1) is 16.9. The molecule has 4 rings (SSSR count). The van der Waals surface area contributed by atoms with Crippen molar-refractivity contribution in [3.63, 3.8) is 0 Å². The van der Waals surface area contributed by atoms with E-state index in [2.05, 4.69) is 6.08 Å². The lowest BCUT2D eigenvalue weighted by Crippen LogP contribution is -2.67. The highest BCUT2D eigenvalue weighted by atomic mass is 16.5. The molecule has 136 valence electrons. The number of carbonyl (C=O) groups is 1. The van der Waals surface area contributed by atoms with Crippen molar-refractivity contribution in [2.75, 3.05) is 6.61 Å². The van der Waals surface area contributed by atoms with Crippen LogP contribution >= 0.6 is 0 Å². The summed E-state index contributed by atoms with van der Waals surface area (Å²) in [6.07, 6.45) is 6.51. The Kier molecular flexibility index (Phi) is 3.85. The summed E-state index contributed by atoms with van der Waals surface area (Å²) in [4.78, 5) is 13.0. The van der Waals surface area contributed by atoms with Gasteiger partial charge in [0.1, 0.15) is 6.61 Å². The molecule has 0 radical (unpaired) electrons. The van der Waals surface area contributed by atoms with Gasteiger partial charge in [-0.15, -0.1) is 0 Å². The van der Waals surface area contributed by atoms with Gasteiger partial charge in [-0.1, -0.05) is 18.6 Å². The van der Waals surface area contributed by atoms with Crippen LogP contribution in [0.15, 0.2) is 34.7 Å². The fourth-order valence-electron chi connectivity index (χ4n) is 5.80. The normalized spacial score (nSPS) is 41.5. The van der Waals surface area contributed by atoms with E-state index in [1.165, 1.54) is 12.5 Å². The highest BCUT2D eigenvalue weighted by Gasteiger charge is 2.68. The van der Waals surface area contributed by atoms with Gasteiger partial charge in [0.2, 0.25) is 0 Å². The smallest absolute Gasteiger partial charge is 0.312 e. The van der Waals surface area contributed by atoms with Crippen LogP contribution in [0, 0.1) is 22.7 Å². The van der Waals surface area contributed by atoms with Gasteiger partial charge in [-0.25, -0.2) is 0 Å². The minimum Gasteiger partial charge on any atom is -0.472 e. The molecule has 1 saturated carbocycles. The van der Waals surface area contributed by atoms with Gasteiger partial charge in [0.25, 0.3) is 0 Å². The molecular formula is C20H26O5. The van der Waals surface area contributed by atoms with Gasteiger partial charge >= 0.3 is 5.97 Å². The van der Waals surface area contributed by atoms with Crippen LogP contribution in [0.4, 0.5) is 0 Å². The summed E-state index contributed by atoms with van der Waals surface area (Å²) in [5.74, 6) is -0.280. The van der Waals surface area contributed by atoms with Crippen molar-refractivity contribution < 1.29 is 24.2 Å². The molecule has 1 aromatic rings. The van der Waals surface area contributed by atoms with Gasteiger partial charge in [-0.2, -0.15) is 0 Å². The fraction of sp³-hybridized carbons (Fsp3) is 0.650. The van der Waals surface area contributed by atoms with Gasteiger partial charge in [0.15, 0.2) is 0 Å². The van der Waals surface area contributed by atoms with Crippen LogP contribution in [0.3, 0.4) is 0 Å². The highest BCUT2D eigenvalue weighted by molar-refractivity contribution is 5.80. The Hall–Kier alpha value is -1.59. The number of allylic oxidation sites excluding steroid dienone is 1. The lowest BCUT2D eigenvalue weighted by atomic mass is 9.43. The Morgan fingerprint density at radius 1 is 1.44 bits per heavy atom. The predicted molar refractivity (Wildman–Crippen MR) is 90.4 cm³/mol. The Morgan fingerprint density at radius 3 is 2.96 bits per heavy atom. The fourth-order valence-corrected chi connectivity index (χ4v) is 5.80. The Morgan fingerprint density at radius 2 is 2.24 bits per heavy atom. The molecule has 0 aromatic carbocycles. The van der Waals surface area contributed by atoms with E-state index < -0.39 is 23.0 Å². The third-order valence-corrected chi connectivity index (χ3v) is 7.22. The molecule has 2 fully saturated rings. The maximum atomic E-state index is 13.0. The first-order valence-corrected chi connectivity index (χ1v) is 9.15. The number of furan rings is 1. The summed E-state index contributed by atoms with van der Waals surface area (Å²) in [7, 11) is 0. The first-order chi connectivity index (χ1) is 11.9. The minimum absolute atomic E-state index is 0.00782. The lowest BCUT2D eigenvalue weighted by Gasteiger charge is -2.63. The maximum Gasteiger partial charge on any atom is 0.312 e. The molecular weight excluding hydrogens is 320 g/mol. The van der Waals surface area contributed by atoms with Gasteiger partial charge in [0.05, 0.1) is 35.6 Å². The molecule has 0 spiro atoms. The average Bonchev–Trinajstić information content (AvgIpc) is 3.11. The van der Waals surface area contributed by atoms with Gasteiger partial charge in [0, 0.05) is 5.56 Å². The maximum absolute atomic E-state index is 13.0. The Labute approximate surface area is 147 Å². The number of hydrogen-bond acceptors (Lipinski definition) is 5. The summed E-state index contributed by atoms with van der Waals surface area (Å²) >= 11 is 0. The summed E-state index contributed by atoms with van der Waals surface area (Å²) in [5.41, 5.74) is 0.524. The van der Waals surface area contributed by atoms with Gasteiger partial charge in [-0.05, 0) is 50.5 Å². The molecule has 2 bridgehead atoms. The average molecular weight is 346 g/mol. The van der Waals surface area contributed by atoms with E-state index in [9.17, 15) is 15.0 Å². The summed E-state index contributed by atoms with van der Waals surface area (Å²) in [6.45, 7) is 4.30. The molecule has 2 heterocycles. The van der Waals surface area contributed by atoms with Crippen LogP contribution in [0.1, 0.15) is 51.2 Å². The van der Waals surface area contributed by atoms with E-state index in [0.29, 0.717) is 18.4 Å². The van der Waals surface area contributed by atoms with E-state index in [4.69, 9.17) is 9.15 Å². The molecule has 1 saturated heterocycles. The number of aliphatic hydroxyl groups excluding tert-OH is 2. The second-order valence-corrected chi connectivity index (χ2v) is 8.10. The summed E-state index contributed by atoms with van der Waals surface area (Å²) in [6, 6.07) is 1.73. The molecule has 1 aromatic heterocycles. The molecule has 2 aliphatic carbocycles. The zero-order valence-electron chi connectivity index (χ0n) is 14.8. The van der Waals surface area contributed by atoms with Crippen LogP contribution < -0.4 is 0 Å². The van der Waals surface area contributed by atoms with Gasteiger partial charge in [-0.3, -0.25) is 4.79 Å². The number of rotatable bonds is 3. The van der Waals surface area contributed by atoms with Crippen molar-refractivity contribution in [3.8, 4) is 0 Å². The molecule has 0 unspecified atom stereocenters. The van der Waals surface area contributed by atoms with Crippen molar-refractivity contribution in [3.05, 3.63) is 35.8 Å². The zero-order chi connectivity index (χ0) is 17.8. The van der Waals surface area contributed by atoms with Crippen LogP contribution in [-0.4, -0.2) is 28.9 Å². The number of cyclic esters (lactones) is 1. The molecule has 2 N–H and O–H groups in total. The van der Waals surface area contributed by atoms with Crippen molar-refractivity contribution in [1.82, 2.24) is 0 Å². The van der Waals surface area contributed by atoms with E-state index in [1.54, 1.807) is 6.07 Å². The van der Waals surface area contributed by atoms with Crippen molar-refractivity contribution in [2.45, 2.75) is 51.7 Å². The number of carbonyl (C=O) groups excluding carboxylic acids is 1. The topological polar surface area (TPSA) is 79.9 Å². The molecule has 5 heteroatoms. The number of esters is 1.